The molecule has 0 saturated carbocycles. The molecular weight excluding hydrogens is 248 g/mol. The van der Waals surface area contributed by atoms with E-state index in [1.54, 1.807) is 0 Å². The SMILES string of the molecule is CCCCCC=CCC=CCC#CCCCCC(=O)O. The van der Waals surface area contributed by atoms with E-state index < -0.39 is 5.97 Å². The minimum absolute atomic E-state index is 0.256. The van der Waals surface area contributed by atoms with Crippen molar-refractivity contribution in [1.82, 2.24) is 0 Å². The number of rotatable bonds is 11. The highest BCUT2D eigenvalue weighted by Gasteiger charge is 1.93. The first kappa shape index (κ1) is 18.5. The van der Waals surface area contributed by atoms with Crippen LogP contribution in [0.3, 0.4) is 0 Å². The van der Waals surface area contributed by atoms with Crippen molar-refractivity contribution < 1.29 is 9.90 Å². The zero-order valence-electron chi connectivity index (χ0n) is 12.7. The molecule has 0 amide bonds. The van der Waals surface area contributed by atoms with Crippen molar-refractivity contribution in [3.8, 4) is 11.8 Å². The predicted molar refractivity (Wildman–Crippen MR) is 85.5 cm³/mol. The number of aliphatic carboxylic acids is 1. The highest BCUT2D eigenvalue weighted by atomic mass is 16.4. The molecule has 0 rings (SSSR count). The zero-order valence-corrected chi connectivity index (χ0v) is 12.7. The Morgan fingerprint density at radius 1 is 1.00 bits per heavy atom. The Kier molecular flexibility index (Phi) is 14.4. The van der Waals surface area contributed by atoms with E-state index in [2.05, 4.69) is 43.1 Å². The zero-order chi connectivity index (χ0) is 14.9. The fourth-order valence-corrected chi connectivity index (χ4v) is 1.69. The maximum absolute atomic E-state index is 10.3. The van der Waals surface area contributed by atoms with E-state index in [-0.39, 0.29) is 6.42 Å². The molecule has 20 heavy (non-hydrogen) atoms. The van der Waals surface area contributed by atoms with E-state index in [0.29, 0.717) is 0 Å². The lowest BCUT2D eigenvalue weighted by atomic mass is 10.2. The Balaban J connectivity index is 3.37. The van der Waals surface area contributed by atoms with Gasteiger partial charge in [0.25, 0.3) is 0 Å². The van der Waals surface area contributed by atoms with Gasteiger partial charge in [-0.05, 0) is 32.1 Å². The molecule has 0 aromatic rings. The largest absolute Gasteiger partial charge is 0.481 e. The van der Waals surface area contributed by atoms with Crippen LogP contribution >= 0.6 is 0 Å². The van der Waals surface area contributed by atoms with E-state index in [0.717, 1.165) is 32.1 Å². The first-order chi connectivity index (χ1) is 9.77. The average Bonchev–Trinajstić information content (AvgIpc) is 2.43. The Morgan fingerprint density at radius 2 is 1.80 bits per heavy atom. The van der Waals surface area contributed by atoms with Gasteiger partial charge < -0.3 is 5.11 Å². The van der Waals surface area contributed by atoms with E-state index in [4.69, 9.17) is 5.11 Å². The molecule has 0 aliphatic carbocycles. The van der Waals surface area contributed by atoms with Crippen LogP contribution in [0, 0.1) is 11.8 Å². The van der Waals surface area contributed by atoms with Crippen LogP contribution in [0.4, 0.5) is 0 Å². The lowest BCUT2D eigenvalue weighted by molar-refractivity contribution is -0.137. The van der Waals surface area contributed by atoms with Gasteiger partial charge in [0, 0.05) is 19.3 Å². The van der Waals surface area contributed by atoms with Gasteiger partial charge in [-0.3, -0.25) is 4.79 Å². The Labute approximate surface area is 124 Å². The molecule has 0 fully saturated rings. The number of hydrogen-bond donors (Lipinski definition) is 1. The standard InChI is InChI=1S/C18H28O2/c1-2-3-4-5-6-7-8-9-10-11-12-13-14-15-16-17-18(19)20/h6-7,9-10H,2-5,8,11,14-17H2,1H3,(H,19,20). The van der Waals surface area contributed by atoms with Crippen molar-refractivity contribution >= 4 is 5.97 Å². The fourth-order valence-electron chi connectivity index (χ4n) is 1.69. The summed E-state index contributed by atoms with van der Waals surface area (Å²) in [6.07, 6.45) is 18.3. The maximum atomic E-state index is 10.3. The molecule has 0 unspecified atom stereocenters. The normalized spacial score (nSPS) is 10.8. The van der Waals surface area contributed by atoms with Gasteiger partial charge in [-0.1, -0.05) is 50.0 Å². The average molecular weight is 276 g/mol. The number of unbranched alkanes of at least 4 members (excludes halogenated alkanes) is 5. The molecule has 1 N–H and O–H groups in total. The molecule has 0 saturated heterocycles. The van der Waals surface area contributed by atoms with Crippen LogP contribution in [-0.2, 0) is 4.79 Å². The minimum atomic E-state index is -0.719. The van der Waals surface area contributed by atoms with Crippen LogP contribution in [0.2, 0.25) is 0 Å². The van der Waals surface area contributed by atoms with E-state index >= 15 is 0 Å². The van der Waals surface area contributed by atoms with Gasteiger partial charge in [-0.15, -0.1) is 5.92 Å². The lowest BCUT2D eigenvalue weighted by Crippen LogP contribution is -1.92. The van der Waals surface area contributed by atoms with Crippen molar-refractivity contribution in [1.29, 1.82) is 0 Å². The summed E-state index contributed by atoms with van der Waals surface area (Å²) in [5.74, 6) is 5.44. The van der Waals surface area contributed by atoms with Crippen LogP contribution < -0.4 is 0 Å². The Bertz CT molecular complexity index is 342. The fraction of sp³-hybridized carbons (Fsp3) is 0.611. The minimum Gasteiger partial charge on any atom is -0.481 e. The molecule has 0 spiro atoms. The summed E-state index contributed by atoms with van der Waals surface area (Å²) < 4.78 is 0. The molecule has 0 aromatic heterocycles. The van der Waals surface area contributed by atoms with Crippen LogP contribution in [0.1, 0.15) is 71.1 Å². The second-order valence-electron chi connectivity index (χ2n) is 4.83. The van der Waals surface area contributed by atoms with Crippen molar-refractivity contribution in [3.63, 3.8) is 0 Å². The van der Waals surface area contributed by atoms with Crippen LogP contribution in [0.5, 0.6) is 0 Å². The van der Waals surface area contributed by atoms with Gasteiger partial charge in [0.15, 0.2) is 0 Å². The second-order valence-corrected chi connectivity index (χ2v) is 4.83. The number of allylic oxidation sites excluding steroid dienone is 4. The third-order valence-corrected chi connectivity index (χ3v) is 2.87. The Morgan fingerprint density at radius 3 is 2.55 bits per heavy atom. The summed E-state index contributed by atoms with van der Waals surface area (Å²) in [5.41, 5.74) is 0. The lowest BCUT2D eigenvalue weighted by Gasteiger charge is -1.91. The predicted octanol–water partition coefficient (Wildman–Crippen LogP) is 5.11. The van der Waals surface area contributed by atoms with E-state index in [9.17, 15) is 4.79 Å². The first-order valence-electron chi connectivity index (χ1n) is 7.75. The molecule has 0 heterocycles. The van der Waals surface area contributed by atoms with Gasteiger partial charge in [0.05, 0.1) is 0 Å². The Hall–Kier alpha value is -1.49. The third-order valence-electron chi connectivity index (χ3n) is 2.87. The molecule has 0 aliphatic heterocycles. The second kappa shape index (κ2) is 15.6. The van der Waals surface area contributed by atoms with Crippen molar-refractivity contribution in [2.75, 3.05) is 0 Å². The van der Waals surface area contributed by atoms with Crippen molar-refractivity contribution in [3.05, 3.63) is 24.3 Å². The molecule has 0 bridgehead atoms. The number of carboxylic acid groups (broad SMARTS) is 1. The molecule has 2 heteroatoms. The van der Waals surface area contributed by atoms with Gasteiger partial charge >= 0.3 is 5.97 Å². The van der Waals surface area contributed by atoms with E-state index in [1.807, 2.05) is 0 Å². The molecule has 0 aromatic carbocycles. The molecule has 0 radical (unpaired) electrons. The summed E-state index contributed by atoms with van der Waals surface area (Å²) in [5, 5.41) is 8.47. The monoisotopic (exact) mass is 276 g/mol. The van der Waals surface area contributed by atoms with Gasteiger partial charge in [-0.25, -0.2) is 0 Å². The number of carbonyl (C=O) groups is 1. The molecule has 2 nitrogen and oxygen atoms in total. The highest BCUT2D eigenvalue weighted by molar-refractivity contribution is 5.66. The van der Waals surface area contributed by atoms with Crippen LogP contribution in [-0.4, -0.2) is 11.1 Å². The molecule has 0 aliphatic rings. The smallest absolute Gasteiger partial charge is 0.303 e. The topological polar surface area (TPSA) is 37.3 Å². The third kappa shape index (κ3) is 16.5. The molecular formula is C18H28O2. The summed E-state index contributed by atoms with van der Waals surface area (Å²) in [7, 11) is 0. The van der Waals surface area contributed by atoms with Crippen LogP contribution in [0.25, 0.3) is 0 Å². The first-order valence-corrected chi connectivity index (χ1v) is 7.75. The van der Waals surface area contributed by atoms with Gasteiger partial charge in [0.2, 0.25) is 0 Å². The number of hydrogen-bond acceptors (Lipinski definition) is 1. The summed E-state index contributed by atoms with van der Waals surface area (Å²) in [4.78, 5) is 10.3. The highest BCUT2D eigenvalue weighted by Crippen LogP contribution is 2.01. The van der Waals surface area contributed by atoms with Crippen LogP contribution in [0.15, 0.2) is 24.3 Å². The summed E-state index contributed by atoms with van der Waals surface area (Å²) >= 11 is 0. The summed E-state index contributed by atoms with van der Waals surface area (Å²) in [6, 6.07) is 0. The molecule has 0 atom stereocenters. The molecule has 112 valence electrons. The quantitative estimate of drug-likeness (QED) is 0.323. The van der Waals surface area contributed by atoms with Crippen molar-refractivity contribution in [2.45, 2.75) is 71.1 Å². The van der Waals surface area contributed by atoms with Gasteiger partial charge in [0.1, 0.15) is 0 Å². The van der Waals surface area contributed by atoms with E-state index in [1.165, 1.54) is 25.7 Å². The number of carboxylic acids is 1. The van der Waals surface area contributed by atoms with Gasteiger partial charge in [-0.2, -0.15) is 0 Å². The maximum Gasteiger partial charge on any atom is 0.303 e. The van der Waals surface area contributed by atoms with Crippen molar-refractivity contribution in [2.24, 2.45) is 0 Å². The summed E-state index contributed by atoms with van der Waals surface area (Å²) in [6.45, 7) is 2.22.